The van der Waals surface area contributed by atoms with Gasteiger partial charge in [-0.15, -0.1) is 0 Å². The number of aliphatic hydroxyl groups excluding tert-OH is 1. The van der Waals surface area contributed by atoms with E-state index in [0.717, 1.165) is 19.0 Å². The van der Waals surface area contributed by atoms with Crippen LogP contribution in [0.3, 0.4) is 0 Å². The van der Waals surface area contributed by atoms with E-state index in [-0.39, 0.29) is 0 Å². The van der Waals surface area contributed by atoms with Gasteiger partial charge in [-0.3, -0.25) is 0 Å². The molecule has 2 N–H and O–H groups in total. The quantitative estimate of drug-likeness (QED) is 0.679. The molecule has 0 aromatic heterocycles. The Morgan fingerprint density at radius 3 is 3.08 bits per heavy atom. The number of hydrogen-bond donors (Lipinski definition) is 2. The van der Waals surface area contributed by atoms with Crippen LogP contribution >= 0.6 is 11.8 Å². The topological polar surface area (TPSA) is 32.3 Å². The molecular formula is C9H19NOS. The van der Waals surface area contributed by atoms with E-state index < -0.39 is 0 Å². The highest BCUT2D eigenvalue weighted by atomic mass is 32.2. The lowest BCUT2D eigenvalue weighted by atomic mass is 10.1. The second kappa shape index (κ2) is 5.84. The standard InChI is InChI=1S/C9H19NOS/c1-8(2-4-11)6-10-9-3-5-12-7-9/h8-11H,2-7H2,1H3. The monoisotopic (exact) mass is 189 g/mol. The van der Waals surface area contributed by atoms with Crippen molar-refractivity contribution in [1.82, 2.24) is 5.32 Å². The fraction of sp³-hybridized carbons (Fsp3) is 1.00. The summed E-state index contributed by atoms with van der Waals surface area (Å²) in [5, 5.41) is 12.2. The van der Waals surface area contributed by atoms with Gasteiger partial charge in [-0.2, -0.15) is 11.8 Å². The average molecular weight is 189 g/mol. The molecule has 1 fully saturated rings. The Bertz CT molecular complexity index is 115. The van der Waals surface area contributed by atoms with Gasteiger partial charge in [-0.25, -0.2) is 0 Å². The molecule has 0 aromatic rings. The van der Waals surface area contributed by atoms with Crippen LogP contribution in [0.2, 0.25) is 0 Å². The molecule has 1 rings (SSSR count). The SMILES string of the molecule is CC(CCO)CNC1CCSC1. The van der Waals surface area contributed by atoms with Gasteiger partial charge in [0.25, 0.3) is 0 Å². The van der Waals surface area contributed by atoms with Crippen LogP contribution < -0.4 is 5.32 Å². The van der Waals surface area contributed by atoms with Gasteiger partial charge in [0.15, 0.2) is 0 Å². The molecule has 0 bridgehead atoms. The summed E-state index contributed by atoms with van der Waals surface area (Å²) in [6.45, 7) is 3.57. The van der Waals surface area contributed by atoms with Crippen LogP contribution in [-0.2, 0) is 0 Å². The Kier molecular flexibility index (Phi) is 5.04. The van der Waals surface area contributed by atoms with Crippen LogP contribution in [0.25, 0.3) is 0 Å². The van der Waals surface area contributed by atoms with Gasteiger partial charge in [0.2, 0.25) is 0 Å². The molecule has 0 aromatic carbocycles. The van der Waals surface area contributed by atoms with E-state index in [1.54, 1.807) is 0 Å². The first-order chi connectivity index (χ1) is 5.83. The van der Waals surface area contributed by atoms with Crippen LogP contribution in [0.1, 0.15) is 19.8 Å². The molecule has 2 atom stereocenters. The molecule has 0 spiro atoms. The first-order valence-corrected chi connectivity index (χ1v) is 5.90. The molecule has 72 valence electrons. The first kappa shape index (κ1) is 10.4. The molecule has 0 saturated carbocycles. The second-order valence-corrected chi connectivity index (χ2v) is 4.74. The van der Waals surface area contributed by atoms with Crippen molar-refractivity contribution in [2.24, 2.45) is 5.92 Å². The molecule has 1 aliphatic heterocycles. The third-order valence-corrected chi connectivity index (χ3v) is 3.47. The molecular weight excluding hydrogens is 170 g/mol. The summed E-state index contributed by atoms with van der Waals surface area (Å²) in [4.78, 5) is 0. The molecule has 12 heavy (non-hydrogen) atoms. The molecule has 2 nitrogen and oxygen atoms in total. The van der Waals surface area contributed by atoms with E-state index in [1.165, 1.54) is 17.9 Å². The van der Waals surface area contributed by atoms with Gasteiger partial charge in [0.05, 0.1) is 0 Å². The van der Waals surface area contributed by atoms with Gasteiger partial charge in [0.1, 0.15) is 0 Å². The van der Waals surface area contributed by atoms with Crippen molar-refractivity contribution in [2.45, 2.75) is 25.8 Å². The zero-order valence-electron chi connectivity index (χ0n) is 7.75. The summed E-state index contributed by atoms with van der Waals surface area (Å²) in [7, 11) is 0. The van der Waals surface area contributed by atoms with Crippen molar-refractivity contribution in [3.05, 3.63) is 0 Å². The maximum Gasteiger partial charge on any atom is 0.0434 e. The van der Waals surface area contributed by atoms with Crippen molar-refractivity contribution < 1.29 is 5.11 Å². The largest absolute Gasteiger partial charge is 0.396 e. The predicted molar refractivity (Wildman–Crippen MR) is 54.6 cm³/mol. The van der Waals surface area contributed by atoms with Crippen LogP contribution in [-0.4, -0.2) is 35.8 Å². The number of nitrogens with one attached hydrogen (secondary N) is 1. The van der Waals surface area contributed by atoms with E-state index in [9.17, 15) is 0 Å². The minimum atomic E-state index is 0.322. The summed E-state index contributed by atoms with van der Waals surface area (Å²) in [6.07, 6.45) is 2.24. The third-order valence-electron chi connectivity index (χ3n) is 2.31. The molecule has 3 heteroatoms. The highest BCUT2D eigenvalue weighted by molar-refractivity contribution is 7.99. The van der Waals surface area contributed by atoms with Crippen molar-refractivity contribution in [3.63, 3.8) is 0 Å². The Balaban J connectivity index is 1.99. The summed E-state index contributed by atoms with van der Waals surface area (Å²) in [5.41, 5.74) is 0. The Hall–Kier alpha value is 0.270. The van der Waals surface area contributed by atoms with Crippen LogP contribution in [0.15, 0.2) is 0 Å². The Labute approximate surface area is 79.1 Å². The molecule has 1 saturated heterocycles. The van der Waals surface area contributed by atoms with E-state index in [0.29, 0.717) is 12.5 Å². The zero-order valence-corrected chi connectivity index (χ0v) is 8.57. The second-order valence-electron chi connectivity index (χ2n) is 3.59. The predicted octanol–water partition coefficient (Wildman–Crippen LogP) is 1.10. The van der Waals surface area contributed by atoms with Gasteiger partial charge >= 0.3 is 0 Å². The smallest absolute Gasteiger partial charge is 0.0434 e. The average Bonchev–Trinajstić information content (AvgIpc) is 2.53. The first-order valence-electron chi connectivity index (χ1n) is 4.75. The number of hydrogen-bond acceptors (Lipinski definition) is 3. The number of thioether (sulfide) groups is 1. The molecule has 1 heterocycles. The maximum absolute atomic E-state index is 8.70. The van der Waals surface area contributed by atoms with Crippen LogP contribution in [0.4, 0.5) is 0 Å². The highest BCUT2D eigenvalue weighted by Gasteiger charge is 2.14. The summed E-state index contributed by atoms with van der Waals surface area (Å²) < 4.78 is 0. The van der Waals surface area contributed by atoms with Gasteiger partial charge in [-0.05, 0) is 31.1 Å². The highest BCUT2D eigenvalue weighted by Crippen LogP contribution is 2.17. The number of aliphatic hydroxyl groups is 1. The molecule has 0 radical (unpaired) electrons. The lowest BCUT2D eigenvalue weighted by Gasteiger charge is -2.15. The van der Waals surface area contributed by atoms with Crippen LogP contribution in [0.5, 0.6) is 0 Å². The van der Waals surface area contributed by atoms with Gasteiger partial charge < -0.3 is 10.4 Å². The fourth-order valence-electron chi connectivity index (χ4n) is 1.39. The minimum absolute atomic E-state index is 0.322. The van der Waals surface area contributed by atoms with Gasteiger partial charge in [-0.1, -0.05) is 6.92 Å². The van der Waals surface area contributed by atoms with Crippen molar-refractivity contribution in [1.29, 1.82) is 0 Å². The summed E-state index contributed by atoms with van der Waals surface area (Å²) in [6, 6.07) is 0.733. The van der Waals surface area contributed by atoms with E-state index in [4.69, 9.17) is 5.11 Å². The van der Waals surface area contributed by atoms with E-state index in [2.05, 4.69) is 12.2 Å². The van der Waals surface area contributed by atoms with Crippen LogP contribution in [0, 0.1) is 5.92 Å². The van der Waals surface area contributed by atoms with E-state index in [1.807, 2.05) is 11.8 Å². The van der Waals surface area contributed by atoms with Crippen molar-refractivity contribution in [3.8, 4) is 0 Å². The zero-order chi connectivity index (χ0) is 8.81. The molecule has 1 aliphatic rings. The molecule has 0 amide bonds. The fourth-order valence-corrected chi connectivity index (χ4v) is 2.57. The minimum Gasteiger partial charge on any atom is -0.396 e. The molecule has 0 aliphatic carbocycles. The van der Waals surface area contributed by atoms with E-state index >= 15 is 0 Å². The Morgan fingerprint density at radius 1 is 1.67 bits per heavy atom. The lowest BCUT2D eigenvalue weighted by Crippen LogP contribution is -2.32. The Morgan fingerprint density at radius 2 is 2.50 bits per heavy atom. The van der Waals surface area contributed by atoms with Gasteiger partial charge in [0, 0.05) is 18.4 Å². The summed E-state index contributed by atoms with van der Waals surface area (Å²) >= 11 is 2.04. The normalized spacial score (nSPS) is 26.0. The third kappa shape index (κ3) is 3.78. The van der Waals surface area contributed by atoms with Crippen molar-refractivity contribution in [2.75, 3.05) is 24.7 Å². The maximum atomic E-state index is 8.70. The molecule has 2 unspecified atom stereocenters. The summed E-state index contributed by atoms with van der Waals surface area (Å²) in [5.74, 6) is 3.19. The number of rotatable bonds is 5. The lowest BCUT2D eigenvalue weighted by molar-refractivity contribution is 0.258. The van der Waals surface area contributed by atoms with Crippen molar-refractivity contribution >= 4 is 11.8 Å².